The molecule has 1 heterocycles. The maximum absolute atomic E-state index is 3.74. The molecule has 1 aromatic carbocycles. The molecule has 1 aromatic rings. The molecule has 2 heteroatoms. The van der Waals surface area contributed by atoms with Crippen LogP contribution in [0.1, 0.15) is 44.2 Å². The molecular formula is C18H30N2. The molecular weight excluding hydrogens is 244 g/mol. The number of nitrogens with one attached hydrogen (secondary N) is 1. The number of piperidine rings is 1. The van der Waals surface area contributed by atoms with Gasteiger partial charge in [0.1, 0.15) is 0 Å². The maximum Gasteiger partial charge on any atom is 0.0210 e. The number of hydrogen-bond acceptors (Lipinski definition) is 2. The van der Waals surface area contributed by atoms with Gasteiger partial charge < -0.3 is 10.2 Å². The lowest BCUT2D eigenvalue weighted by atomic mass is 9.90. The quantitative estimate of drug-likeness (QED) is 0.853. The van der Waals surface area contributed by atoms with Crippen LogP contribution in [0.4, 0.5) is 0 Å². The molecule has 112 valence electrons. The second-order valence-electron chi connectivity index (χ2n) is 6.28. The average molecular weight is 274 g/mol. The van der Waals surface area contributed by atoms with Crippen LogP contribution in [0.15, 0.2) is 24.3 Å². The Morgan fingerprint density at radius 1 is 1.25 bits per heavy atom. The molecule has 2 rings (SSSR count). The molecule has 1 atom stereocenters. The lowest BCUT2D eigenvalue weighted by Gasteiger charge is -2.35. The van der Waals surface area contributed by atoms with Gasteiger partial charge in [-0.15, -0.1) is 0 Å². The third kappa shape index (κ3) is 4.32. The molecule has 0 spiro atoms. The monoisotopic (exact) mass is 274 g/mol. The van der Waals surface area contributed by atoms with E-state index in [4.69, 9.17) is 0 Å². The highest BCUT2D eigenvalue weighted by Gasteiger charge is 2.23. The van der Waals surface area contributed by atoms with Gasteiger partial charge in [-0.2, -0.15) is 0 Å². The summed E-state index contributed by atoms with van der Waals surface area (Å²) in [6.07, 6.45) is 3.98. The molecule has 0 amide bonds. The first-order valence-corrected chi connectivity index (χ1v) is 8.21. The highest BCUT2D eigenvalue weighted by atomic mass is 15.1. The summed E-state index contributed by atoms with van der Waals surface area (Å²) in [7, 11) is 0. The van der Waals surface area contributed by atoms with Crippen molar-refractivity contribution >= 4 is 0 Å². The van der Waals surface area contributed by atoms with Gasteiger partial charge in [0.15, 0.2) is 0 Å². The minimum absolute atomic E-state index is 0.624. The van der Waals surface area contributed by atoms with Crippen molar-refractivity contribution in [2.45, 2.75) is 52.6 Å². The van der Waals surface area contributed by atoms with E-state index in [2.05, 4.69) is 55.3 Å². The molecule has 0 radical (unpaired) electrons. The molecule has 20 heavy (non-hydrogen) atoms. The predicted molar refractivity (Wildman–Crippen MR) is 86.9 cm³/mol. The first-order chi connectivity index (χ1) is 9.70. The molecule has 1 saturated heterocycles. The zero-order valence-electron chi connectivity index (χ0n) is 13.4. The van der Waals surface area contributed by atoms with E-state index in [1.54, 1.807) is 0 Å². The predicted octanol–water partition coefficient (Wildman–Crippen LogP) is 3.60. The highest BCUT2D eigenvalue weighted by molar-refractivity contribution is 5.25. The van der Waals surface area contributed by atoms with Crippen LogP contribution >= 0.6 is 0 Å². The number of hydrogen-bond donors (Lipinski definition) is 1. The first-order valence-electron chi connectivity index (χ1n) is 8.21. The summed E-state index contributed by atoms with van der Waals surface area (Å²) in [4.78, 5) is 2.62. The van der Waals surface area contributed by atoms with Gasteiger partial charge in [0.2, 0.25) is 0 Å². The zero-order valence-corrected chi connectivity index (χ0v) is 13.4. The molecule has 2 nitrogen and oxygen atoms in total. The number of aryl methyl sites for hydroxylation is 1. The van der Waals surface area contributed by atoms with E-state index in [9.17, 15) is 0 Å². The molecule has 1 unspecified atom stereocenters. The van der Waals surface area contributed by atoms with Crippen molar-refractivity contribution in [3.05, 3.63) is 35.4 Å². The van der Waals surface area contributed by atoms with E-state index in [1.165, 1.54) is 50.0 Å². The van der Waals surface area contributed by atoms with E-state index in [0.717, 1.165) is 12.5 Å². The molecule has 0 aromatic heterocycles. The van der Waals surface area contributed by atoms with E-state index in [-0.39, 0.29) is 0 Å². The number of rotatable bonds is 6. The topological polar surface area (TPSA) is 15.3 Å². The smallest absolute Gasteiger partial charge is 0.0210 e. The summed E-state index contributed by atoms with van der Waals surface area (Å²) >= 11 is 0. The normalized spacial score (nSPS) is 19.1. The Bertz CT molecular complexity index is 394. The summed E-state index contributed by atoms with van der Waals surface area (Å²) < 4.78 is 0. The molecule has 1 N–H and O–H groups in total. The number of benzene rings is 1. The summed E-state index contributed by atoms with van der Waals surface area (Å²) in [6.45, 7) is 11.7. The van der Waals surface area contributed by atoms with Crippen molar-refractivity contribution in [1.29, 1.82) is 0 Å². The van der Waals surface area contributed by atoms with Crippen molar-refractivity contribution in [3.8, 4) is 0 Å². The van der Waals surface area contributed by atoms with Gasteiger partial charge in [-0.05, 0) is 69.8 Å². The molecule has 1 fully saturated rings. The fraction of sp³-hybridized carbons (Fsp3) is 0.667. The number of likely N-dealkylation sites (tertiary alicyclic amines) is 1. The zero-order chi connectivity index (χ0) is 14.4. The van der Waals surface area contributed by atoms with Gasteiger partial charge in [-0.1, -0.05) is 31.2 Å². The largest absolute Gasteiger partial charge is 0.310 e. The van der Waals surface area contributed by atoms with E-state index in [0.29, 0.717) is 6.04 Å². The standard InChI is InChI=1S/C18H30N2/c1-4-11-20-12-9-17(10-13-20)16(3)19-14-18-8-6-5-7-15(18)2/h5-8,16-17,19H,4,9-14H2,1-3H3. The second-order valence-corrected chi connectivity index (χ2v) is 6.28. The fourth-order valence-corrected chi connectivity index (χ4v) is 3.24. The summed E-state index contributed by atoms with van der Waals surface area (Å²) in [5.41, 5.74) is 2.83. The van der Waals surface area contributed by atoms with Crippen molar-refractivity contribution < 1.29 is 0 Å². The van der Waals surface area contributed by atoms with Crippen molar-refractivity contribution in [2.24, 2.45) is 5.92 Å². The van der Waals surface area contributed by atoms with Crippen LogP contribution in [-0.4, -0.2) is 30.6 Å². The molecule has 0 aliphatic carbocycles. The Balaban J connectivity index is 1.76. The first kappa shape index (κ1) is 15.5. The second kappa shape index (κ2) is 7.80. The minimum atomic E-state index is 0.624. The third-order valence-corrected chi connectivity index (χ3v) is 4.75. The van der Waals surface area contributed by atoms with Crippen LogP contribution < -0.4 is 5.32 Å². The van der Waals surface area contributed by atoms with Crippen molar-refractivity contribution in [3.63, 3.8) is 0 Å². The molecule has 1 aliphatic heterocycles. The molecule has 1 aliphatic rings. The lowest BCUT2D eigenvalue weighted by Crippen LogP contribution is -2.42. The summed E-state index contributed by atoms with van der Waals surface area (Å²) in [5.74, 6) is 0.840. The van der Waals surface area contributed by atoms with Gasteiger partial charge in [-0.25, -0.2) is 0 Å². The van der Waals surface area contributed by atoms with E-state index < -0.39 is 0 Å². The van der Waals surface area contributed by atoms with Crippen LogP contribution in [0.3, 0.4) is 0 Å². The highest BCUT2D eigenvalue weighted by Crippen LogP contribution is 2.21. The van der Waals surface area contributed by atoms with Crippen LogP contribution in [0.2, 0.25) is 0 Å². The Morgan fingerprint density at radius 3 is 2.60 bits per heavy atom. The van der Waals surface area contributed by atoms with Crippen LogP contribution in [0.25, 0.3) is 0 Å². The average Bonchev–Trinajstić information content (AvgIpc) is 2.47. The summed E-state index contributed by atoms with van der Waals surface area (Å²) in [6, 6.07) is 9.31. The van der Waals surface area contributed by atoms with Gasteiger partial charge in [0, 0.05) is 12.6 Å². The molecule has 0 saturated carbocycles. The van der Waals surface area contributed by atoms with Gasteiger partial charge in [0.25, 0.3) is 0 Å². The lowest BCUT2D eigenvalue weighted by molar-refractivity contribution is 0.162. The van der Waals surface area contributed by atoms with Crippen molar-refractivity contribution in [2.75, 3.05) is 19.6 Å². The summed E-state index contributed by atoms with van der Waals surface area (Å²) in [5, 5.41) is 3.74. The van der Waals surface area contributed by atoms with Crippen LogP contribution in [0.5, 0.6) is 0 Å². The van der Waals surface area contributed by atoms with Crippen LogP contribution in [-0.2, 0) is 6.54 Å². The Labute approximate surface area is 124 Å². The Hall–Kier alpha value is -0.860. The fourth-order valence-electron chi connectivity index (χ4n) is 3.24. The Morgan fingerprint density at radius 2 is 1.95 bits per heavy atom. The van der Waals surface area contributed by atoms with E-state index >= 15 is 0 Å². The minimum Gasteiger partial charge on any atom is -0.310 e. The molecule has 0 bridgehead atoms. The van der Waals surface area contributed by atoms with Gasteiger partial charge >= 0.3 is 0 Å². The van der Waals surface area contributed by atoms with E-state index in [1.807, 2.05) is 0 Å². The third-order valence-electron chi connectivity index (χ3n) is 4.75. The maximum atomic E-state index is 3.74. The van der Waals surface area contributed by atoms with Crippen molar-refractivity contribution in [1.82, 2.24) is 10.2 Å². The van der Waals surface area contributed by atoms with Crippen LogP contribution in [0, 0.1) is 12.8 Å². The van der Waals surface area contributed by atoms with Gasteiger partial charge in [-0.3, -0.25) is 0 Å². The number of nitrogens with zero attached hydrogens (tertiary/aromatic N) is 1. The van der Waals surface area contributed by atoms with Gasteiger partial charge in [0.05, 0.1) is 0 Å². The Kier molecular flexibility index (Phi) is 6.06. The SMILES string of the molecule is CCCN1CCC(C(C)NCc2ccccc2C)CC1.